The van der Waals surface area contributed by atoms with Crippen LogP contribution in [0, 0.1) is 11.8 Å². The zero-order valence-corrected chi connectivity index (χ0v) is 19.1. The average molecular weight is 430 g/mol. The smallest absolute Gasteiger partial charge is 0.256 e. The van der Waals surface area contributed by atoms with Crippen molar-refractivity contribution >= 4 is 17.7 Å². The van der Waals surface area contributed by atoms with E-state index < -0.39 is 6.04 Å². The number of carbonyl (C=O) groups is 3. The first-order valence-corrected chi connectivity index (χ1v) is 11.3. The van der Waals surface area contributed by atoms with Gasteiger partial charge in [0.05, 0.1) is 11.6 Å². The molecule has 0 aliphatic carbocycles. The van der Waals surface area contributed by atoms with Gasteiger partial charge in [0.15, 0.2) is 0 Å². The van der Waals surface area contributed by atoms with Gasteiger partial charge in [0.2, 0.25) is 11.8 Å². The Morgan fingerprint density at radius 3 is 2.48 bits per heavy atom. The molecule has 0 spiro atoms. The number of piperazine rings is 1. The Labute approximate surface area is 185 Å². The van der Waals surface area contributed by atoms with Crippen molar-refractivity contribution in [3.8, 4) is 0 Å². The Morgan fingerprint density at radius 1 is 1.19 bits per heavy atom. The maximum atomic E-state index is 13.4. The van der Waals surface area contributed by atoms with Crippen LogP contribution >= 0.6 is 0 Å². The maximum Gasteiger partial charge on any atom is 0.256 e. The van der Waals surface area contributed by atoms with Crippen molar-refractivity contribution in [3.63, 3.8) is 0 Å². The van der Waals surface area contributed by atoms with E-state index in [0.717, 1.165) is 13.1 Å². The molecule has 1 aromatic heterocycles. The quantitative estimate of drug-likeness (QED) is 0.735. The van der Waals surface area contributed by atoms with Gasteiger partial charge in [0.25, 0.3) is 5.91 Å². The molecular weight excluding hydrogens is 394 g/mol. The molecule has 2 aliphatic heterocycles. The Morgan fingerprint density at radius 2 is 1.90 bits per heavy atom. The Kier molecular flexibility index (Phi) is 7.64. The van der Waals surface area contributed by atoms with E-state index in [4.69, 9.17) is 0 Å². The van der Waals surface area contributed by atoms with Crippen LogP contribution in [0.3, 0.4) is 0 Å². The summed E-state index contributed by atoms with van der Waals surface area (Å²) < 4.78 is 0. The summed E-state index contributed by atoms with van der Waals surface area (Å²) >= 11 is 0. The second kappa shape index (κ2) is 10.2. The summed E-state index contributed by atoms with van der Waals surface area (Å²) in [6.45, 7) is 11.7. The number of nitrogens with zero attached hydrogens (tertiary/aromatic N) is 4. The van der Waals surface area contributed by atoms with Gasteiger partial charge in [-0.25, -0.2) is 0 Å². The van der Waals surface area contributed by atoms with Gasteiger partial charge in [-0.2, -0.15) is 0 Å². The lowest BCUT2D eigenvalue weighted by atomic mass is 10.0. The molecule has 31 heavy (non-hydrogen) atoms. The molecule has 1 N–H and O–H groups in total. The van der Waals surface area contributed by atoms with Crippen LogP contribution in [0.25, 0.3) is 0 Å². The lowest BCUT2D eigenvalue weighted by molar-refractivity contribution is -0.138. The van der Waals surface area contributed by atoms with Crippen LogP contribution in [0.5, 0.6) is 0 Å². The van der Waals surface area contributed by atoms with Crippen molar-refractivity contribution in [1.29, 1.82) is 0 Å². The molecule has 2 fully saturated rings. The molecule has 0 aromatic carbocycles. The Balaban J connectivity index is 1.88. The third-order valence-electron chi connectivity index (χ3n) is 5.94. The molecule has 170 valence electrons. The van der Waals surface area contributed by atoms with Crippen molar-refractivity contribution < 1.29 is 14.4 Å². The number of rotatable bonds is 6. The van der Waals surface area contributed by atoms with E-state index in [1.807, 2.05) is 23.6 Å². The van der Waals surface area contributed by atoms with Gasteiger partial charge < -0.3 is 20.0 Å². The summed E-state index contributed by atoms with van der Waals surface area (Å²) in [6.07, 6.45) is 3.63. The van der Waals surface area contributed by atoms with Crippen molar-refractivity contribution in [2.24, 2.45) is 11.8 Å². The molecule has 8 heteroatoms. The molecule has 2 aliphatic rings. The van der Waals surface area contributed by atoms with Crippen molar-refractivity contribution in [1.82, 2.24) is 25.0 Å². The van der Waals surface area contributed by atoms with E-state index in [1.165, 1.54) is 6.20 Å². The summed E-state index contributed by atoms with van der Waals surface area (Å²) in [5, 5.41) is 3.26. The highest BCUT2D eigenvalue weighted by Gasteiger charge is 2.45. The minimum absolute atomic E-state index is 0.0252. The summed E-state index contributed by atoms with van der Waals surface area (Å²) in [6, 6.07) is 2.71. The molecule has 3 rings (SSSR count). The van der Waals surface area contributed by atoms with E-state index in [0.29, 0.717) is 44.1 Å². The van der Waals surface area contributed by atoms with Gasteiger partial charge in [-0.3, -0.25) is 19.4 Å². The number of carbonyl (C=O) groups excluding carboxylic acids is 3. The highest BCUT2D eigenvalue weighted by atomic mass is 16.2. The van der Waals surface area contributed by atoms with Gasteiger partial charge in [0.1, 0.15) is 6.04 Å². The third-order valence-corrected chi connectivity index (χ3v) is 5.94. The van der Waals surface area contributed by atoms with E-state index >= 15 is 0 Å². The third kappa shape index (κ3) is 5.42. The normalized spacial score (nSPS) is 21.6. The summed E-state index contributed by atoms with van der Waals surface area (Å²) in [5.74, 6) is 0.00768. The molecule has 0 bridgehead atoms. The fourth-order valence-corrected chi connectivity index (χ4v) is 4.39. The largest absolute Gasteiger partial charge is 0.338 e. The number of hydrogen-bond acceptors (Lipinski definition) is 5. The minimum atomic E-state index is -0.564. The number of nitrogens with one attached hydrogen (secondary N) is 1. The molecule has 2 saturated heterocycles. The summed E-state index contributed by atoms with van der Waals surface area (Å²) in [4.78, 5) is 49.2. The maximum absolute atomic E-state index is 13.4. The zero-order valence-electron chi connectivity index (χ0n) is 19.1. The lowest BCUT2D eigenvalue weighted by Crippen LogP contribution is -2.53. The van der Waals surface area contributed by atoms with Crippen LogP contribution in [-0.2, 0) is 9.59 Å². The molecule has 2 unspecified atom stereocenters. The van der Waals surface area contributed by atoms with Crippen LogP contribution < -0.4 is 5.32 Å². The highest BCUT2D eigenvalue weighted by molar-refractivity contribution is 5.98. The monoisotopic (exact) mass is 429 g/mol. The number of likely N-dealkylation sites (tertiary alicyclic amines) is 1. The lowest BCUT2D eigenvalue weighted by Gasteiger charge is -2.32. The minimum Gasteiger partial charge on any atom is -0.338 e. The SMILES string of the molecule is CC(C)CN(C(=O)C(C)C)C1CC(C(=O)N2CCNCC2)N(C(=O)c2cccnc2)C1. The number of amides is 3. The first kappa shape index (κ1) is 23.2. The molecule has 3 heterocycles. The van der Waals surface area contributed by atoms with E-state index in [2.05, 4.69) is 24.1 Å². The summed E-state index contributed by atoms with van der Waals surface area (Å²) in [5.41, 5.74) is 0.465. The van der Waals surface area contributed by atoms with Gasteiger partial charge in [0, 0.05) is 57.6 Å². The number of aromatic nitrogens is 1. The van der Waals surface area contributed by atoms with E-state index in [9.17, 15) is 14.4 Å². The van der Waals surface area contributed by atoms with Crippen molar-refractivity contribution in [2.45, 2.75) is 46.2 Å². The van der Waals surface area contributed by atoms with Gasteiger partial charge in [-0.1, -0.05) is 27.7 Å². The van der Waals surface area contributed by atoms with Crippen LogP contribution in [0.4, 0.5) is 0 Å². The zero-order chi connectivity index (χ0) is 22.5. The second-order valence-electron chi connectivity index (χ2n) is 9.22. The second-order valence-corrected chi connectivity index (χ2v) is 9.22. The van der Waals surface area contributed by atoms with Crippen LogP contribution in [0.15, 0.2) is 24.5 Å². The molecule has 8 nitrogen and oxygen atoms in total. The molecule has 0 saturated carbocycles. The van der Waals surface area contributed by atoms with E-state index in [-0.39, 0.29) is 29.7 Å². The first-order valence-electron chi connectivity index (χ1n) is 11.3. The average Bonchev–Trinajstić information content (AvgIpc) is 3.22. The molecule has 2 atom stereocenters. The first-order chi connectivity index (χ1) is 14.8. The van der Waals surface area contributed by atoms with Gasteiger partial charge >= 0.3 is 0 Å². The topological polar surface area (TPSA) is 85.9 Å². The Hall–Kier alpha value is -2.48. The molecule has 3 amide bonds. The van der Waals surface area contributed by atoms with Gasteiger partial charge in [-0.15, -0.1) is 0 Å². The standard InChI is InChI=1S/C23H35N5O3/c1-16(2)14-27(21(29)17(3)4)19-12-20(23(31)26-10-8-24-9-11-26)28(15-19)22(30)18-6-5-7-25-13-18/h5-7,13,16-17,19-20,24H,8-12,14-15H2,1-4H3. The van der Waals surface area contributed by atoms with Crippen molar-refractivity contribution in [3.05, 3.63) is 30.1 Å². The number of hydrogen-bond donors (Lipinski definition) is 1. The Bertz CT molecular complexity index is 777. The molecule has 1 aromatic rings. The molecule has 0 radical (unpaired) electrons. The van der Waals surface area contributed by atoms with Crippen LogP contribution in [0.2, 0.25) is 0 Å². The molecular formula is C23H35N5O3. The van der Waals surface area contributed by atoms with Crippen LogP contribution in [-0.4, -0.2) is 88.8 Å². The predicted octanol–water partition coefficient (Wildman–Crippen LogP) is 1.24. The highest BCUT2D eigenvalue weighted by Crippen LogP contribution is 2.27. The fourth-order valence-electron chi connectivity index (χ4n) is 4.39. The van der Waals surface area contributed by atoms with E-state index in [1.54, 1.807) is 23.2 Å². The number of pyridine rings is 1. The fraction of sp³-hybridized carbons (Fsp3) is 0.652. The van der Waals surface area contributed by atoms with Gasteiger partial charge in [-0.05, 0) is 24.5 Å². The predicted molar refractivity (Wildman–Crippen MR) is 118 cm³/mol. The van der Waals surface area contributed by atoms with Crippen LogP contribution in [0.1, 0.15) is 44.5 Å². The van der Waals surface area contributed by atoms with Crippen molar-refractivity contribution in [2.75, 3.05) is 39.3 Å². The summed E-state index contributed by atoms with van der Waals surface area (Å²) in [7, 11) is 0.